The van der Waals surface area contributed by atoms with Crippen LogP contribution >= 0.6 is 0 Å². The highest BCUT2D eigenvalue weighted by Gasteiger charge is 2.12. The van der Waals surface area contributed by atoms with E-state index in [-0.39, 0.29) is 18.0 Å². The quantitative estimate of drug-likeness (QED) is 0.653. The molecule has 0 saturated heterocycles. The van der Waals surface area contributed by atoms with E-state index in [1.54, 1.807) is 26.2 Å². The Morgan fingerprint density at radius 1 is 1.26 bits per heavy atom. The van der Waals surface area contributed by atoms with Crippen molar-refractivity contribution in [3.05, 3.63) is 63.7 Å². The molecule has 0 atom stereocenters. The van der Waals surface area contributed by atoms with Crippen molar-refractivity contribution in [3.63, 3.8) is 0 Å². The normalized spacial score (nSPS) is 10.2. The van der Waals surface area contributed by atoms with Crippen LogP contribution in [0.3, 0.4) is 0 Å². The minimum Gasteiger partial charge on any atom is -0.496 e. The van der Waals surface area contributed by atoms with Gasteiger partial charge in [0.1, 0.15) is 5.75 Å². The predicted octanol–water partition coefficient (Wildman–Crippen LogP) is 3.48. The van der Waals surface area contributed by atoms with E-state index in [1.165, 1.54) is 6.07 Å². The molecule has 0 aliphatic rings. The molecule has 0 saturated carbocycles. The molecule has 2 aromatic carbocycles. The Kier molecular flexibility index (Phi) is 5.30. The minimum atomic E-state index is -0.459. The van der Waals surface area contributed by atoms with E-state index in [9.17, 15) is 14.9 Å². The number of carbonyl (C=O) groups is 1. The van der Waals surface area contributed by atoms with Gasteiger partial charge in [-0.1, -0.05) is 24.3 Å². The third-order valence-corrected chi connectivity index (χ3v) is 3.50. The van der Waals surface area contributed by atoms with Gasteiger partial charge >= 0.3 is 0 Å². The Morgan fingerprint density at radius 2 is 2.00 bits per heavy atom. The van der Waals surface area contributed by atoms with Crippen LogP contribution in [0.5, 0.6) is 5.75 Å². The molecule has 2 aromatic rings. The fourth-order valence-corrected chi connectivity index (χ4v) is 2.27. The van der Waals surface area contributed by atoms with E-state index in [0.29, 0.717) is 17.7 Å². The molecule has 23 heavy (non-hydrogen) atoms. The van der Waals surface area contributed by atoms with E-state index >= 15 is 0 Å². The van der Waals surface area contributed by atoms with Gasteiger partial charge in [0.15, 0.2) is 0 Å². The number of nitro groups is 1. The number of hydrogen-bond donors (Lipinski definition) is 1. The number of nitrogens with one attached hydrogen (secondary N) is 1. The number of hydrogen-bond acceptors (Lipinski definition) is 4. The van der Waals surface area contributed by atoms with Crippen molar-refractivity contribution in [2.75, 3.05) is 12.4 Å². The summed E-state index contributed by atoms with van der Waals surface area (Å²) in [4.78, 5) is 22.5. The molecule has 0 aromatic heterocycles. The summed E-state index contributed by atoms with van der Waals surface area (Å²) in [5, 5.41) is 13.6. The Balaban J connectivity index is 2.00. The van der Waals surface area contributed by atoms with Crippen LogP contribution in [0.25, 0.3) is 0 Å². The first-order valence-electron chi connectivity index (χ1n) is 7.18. The van der Waals surface area contributed by atoms with Crippen molar-refractivity contribution in [1.82, 2.24) is 0 Å². The maximum Gasteiger partial charge on any atom is 0.274 e. The Bertz CT molecular complexity index is 728. The minimum absolute atomic E-state index is 0.00692. The Hall–Kier alpha value is -2.89. The monoisotopic (exact) mass is 314 g/mol. The highest BCUT2D eigenvalue weighted by Crippen LogP contribution is 2.23. The van der Waals surface area contributed by atoms with Gasteiger partial charge in [-0.3, -0.25) is 14.9 Å². The largest absolute Gasteiger partial charge is 0.496 e. The molecule has 0 aliphatic heterocycles. The smallest absolute Gasteiger partial charge is 0.274 e. The lowest BCUT2D eigenvalue weighted by atomic mass is 10.1. The highest BCUT2D eigenvalue weighted by molar-refractivity contribution is 5.91. The van der Waals surface area contributed by atoms with E-state index in [4.69, 9.17) is 4.74 Å². The van der Waals surface area contributed by atoms with Crippen LogP contribution in [0.15, 0.2) is 42.5 Å². The summed E-state index contributed by atoms with van der Waals surface area (Å²) < 4.78 is 5.24. The predicted molar refractivity (Wildman–Crippen MR) is 87.8 cm³/mol. The first kappa shape index (κ1) is 16.5. The van der Waals surface area contributed by atoms with E-state index < -0.39 is 4.92 Å². The van der Waals surface area contributed by atoms with Gasteiger partial charge in [0.2, 0.25) is 5.91 Å². The molecule has 0 heterocycles. The van der Waals surface area contributed by atoms with E-state index in [2.05, 4.69) is 5.32 Å². The third-order valence-electron chi connectivity index (χ3n) is 3.50. The summed E-state index contributed by atoms with van der Waals surface area (Å²) in [6, 6.07) is 12.2. The molecule has 120 valence electrons. The van der Waals surface area contributed by atoms with Gasteiger partial charge < -0.3 is 10.1 Å². The molecular weight excluding hydrogens is 296 g/mol. The molecule has 0 fully saturated rings. The molecule has 1 N–H and O–H groups in total. The number of anilines is 1. The second-order valence-corrected chi connectivity index (χ2v) is 5.12. The summed E-state index contributed by atoms with van der Waals surface area (Å²) in [6.45, 7) is 1.66. The highest BCUT2D eigenvalue weighted by atomic mass is 16.6. The Morgan fingerprint density at radius 3 is 2.70 bits per heavy atom. The van der Waals surface area contributed by atoms with Crippen LogP contribution in [0.1, 0.15) is 17.5 Å². The van der Waals surface area contributed by atoms with Crippen LogP contribution in [-0.4, -0.2) is 17.9 Å². The summed E-state index contributed by atoms with van der Waals surface area (Å²) >= 11 is 0. The van der Waals surface area contributed by atoms with Crippen LogP contribution in [0.4, 0.5) is 11.4 Å². The number of benzene rings is 2. The summed E-state index contributed by atoms with van der Waals surface area (Å²) in [5.41, 5.74) is 1.92. The lowest BCUT2D eigenvalue weighted by Crippen LogP contribution is -2.12. The fraction of sp³-hybridized carbons (Fsp3) is 0.235. The number of methoxy groups -OCH3 is 1. The van der Waals surface area contributed by atoms with Gasteiger partial charge in [0.25, 0.3) is 5.69 Å². The molecular formula is C17H18N2O4. The second-order valence-electron chi connectivity index (χ2n) is 5.12. The number of ether oxygens (including phenoxy) is 1. The zero-order chi connectivity index (χ0) is 16.8. The maximum absolute atomic E-state index is 12.0. The van der Waals surface area contributed by atoms with Crippen molar-refractivity contribution in [2.45, 2.75) is 19.8 Å². The number of aryl methyl sites for hydroxylation is 2. The molecule has 0 unspecified atom stereocenters. The number of amides is 1. The van der Waals surface area contributed by atoms with Crippen LogP contribution < -0.4 is 10.1 Å². The fourth-order valence-electron chi connectivity index (χ4n) is 2.27. The summed E-state index contributed by atoms with van der Waals surface area (Å²) in [6.07, 6.45) is 0.797. The second kappa shape index (κ2) is 7.40. The van der Waals surface area contributed by atoms with Gasteiger partial charge in [-0.05, 0) is 31.0 Å². The van der Waals surface area contributed by atoms with Crippen LogP contribution in [0, 0.1) is 17.0 Å². The van der Waals surface area contributed by atoms with E-state index in [0.717, 1.165) is 11.3 Å². The molecule has 2 rings (SSSR count). The number of carbonyl (C=O) groups excluding carboxylic acids is 1. The first-order valence-corrected chi connectivity index (χ1v) is 7.18. The van der Waals surface area contributed by atoms with Crippen molar-refractivity contribution in [2.24, 2.45) is 0 Å². The number of nitro benzene ring substituents is 1. The molecule has 6 heteroatoms. The SMILES string of the molecule is COc1ccccc1CCC(=O)Nc1ccc(C)c([N+](=O)[O-])c1. The Labute approximate surface area is 134 Å². The number of rotatable bonds is 6. The average Bonchev–Trinajstić information content (AvgIpc) is 2.54. The third kappa shape index (κ3) is 4.29. The number of para-hydroxylation sites is 1. The maximum atomic E-state index is 12.0. The van der Waals surface area contributed by atoms with Crippen molar-refractivity contribution >= 4 is 17.3 Å². The van der Waals surface area contributed by atoms with Crippen LogP contribution in [0.2, 0.25) is 0 Å². The van der Waals surface area contributed by atoms with Gasteiger partial charge in [-0.15, -0.1) is 0 Å². The molecule has 0 aliphatic carbocycles. The van der Waals surface area contributed by atoms with E-state index in [1.807, 2.05) is 24.3 Å². The molecule has 0 bridgehead atoms. The van der Waals surface area contributed by atoms with Crippen molar-refractivity contribution < 1.29 is 14.5 Å². The molecule has 6 nitrogen and oxygen atoms in total. The summed E-state index contributed by atoms with van der Waals surface area (Å²) in [5.74, 6) is 0.542. The van der Waals surface area contributed by atoms with Gasteiger partial charge in [0.05, 0.1) is 12.0 Å². The molecule has 0 spiro atoms. The van der Waals surface area contributed by atoms with Gasteiger partial charge in [-0.25, -0.2) is 0 Å². The standard InChI is InChI=1S/C17H18N2O4/c1-12-7-9-14(11-15(12)19(21)22)18-17(20)10-8-13-5-3-4-6-16(13)23-2/h3-7,9,11H,8,10H2,1-2H3,(H,18,20). The first-order chi connectivity index (χ1) is 11.0. The number of nitrogens with zero attached hydrogens (tertiary/aromatic N) is 1. The van der Waals surface area contributed by atoms with Crippen molar-refractivity contribution in [3.8, 4) is 5.75 Å². The van der Waals surface area contributed by atoms with Gasteiger partial charge in [-0.2, -0.15) is 0 Å². The van der Waals surface area contributed by atoms with Crippen LogP contribution in [-0.2, 0) is 11.2 Å². The zero-order valence-corrected chi connectivity index (χ0v) is 13.0. The average molecular weight is 314 g/mol. The lowest BCUT2D eigenvalue weighted by Gasteiger charge is -2.09. The summed E-state index contributed by atoms with van der Waals surface area (Å²) in [7, 11) is 1.59. The zero-order valence-electron chi connectivity index (χ0n) is 13.0. The molecule has 0 radical (unpaired) electrons. The molecule has 1 amide bonds. The topological polar surface area (TPSA) is 81.5 Å². The lowest BCUT2D eigenvalue weighted by molar-refractivity contribution is -0.385. The van der Waals surface area contributed by atoms with Crippen molar-refractivity contribution in [1.29, 1.82) is 0 Å². The van der Waals surface area contributed by atoms with Gasteiger partial charge in [0, 0.05) is 23.7 Å².